The van der Waals surface area contributed by atoms with E-state index in [4.69, 9.17) is 16.6 Å². The van der Waals surface area contributed by atoms with Crippen molar-refractivity contribution in [1.29, 1.82) is 0 Å². The third-order valence-electron chi connectivity index (χ3n) is 2.29. The zero-order valence-electron chi connectivity index (χ0n) is 9.89. The van der Waals surface area contributed by atoms with Gasteiger partial charge in [-0.3, -0.25) is 0 Å². The van der Waals surface area contributed by atoms with Gasteiger partial charge in [0.15, 0.2) is 0 Å². The van der Waals surface area contributed by atoms with Crippen LogP contribution in [0, 0.1) is 0 Å². The Bertz CT molecular complexity index is 312. The summed E-state index contributed by atoms with van der Waals surface area (Å²) in [5.41, 5.74) is 10.9. The van der Waals surface area contributed by atoms with Gasteiger partial charge < -0.3 is 21.9 Å². The van der Waals surface area contributed by atoms with Crippen molar-refractivity contribution < 1.29 is 5.11 Å². The number of hydrogen-bond acceptors (Lipinski definition) is 7. The maximum Gasteiger partial charge on any atom is 0.229 e. The first-order chi connectivity index (χ1) is 8.22. The number of hydrogen-bond donors (Lipinski definition) is 4. The first kappa shape index (κ1) is 13.4. The molecule has 1 aromatic heterocycles. The van der Waals surface area contributed by atoms with E-state index in [9.17, 15) is 0 Å². The van der Waals surface area contributed by atoms with Crippen molar-refractivity contribution in [2.75, 3.05) is 29.9 Å². The van der Waals surface area contributed by atoms with Gasteiger partial charge >= 0.3 is 0 Å². The number of rotatable bonds is 8. The van der Waals surface area contributed by atoms with Crippen molar-refractivity contribution in [2.45, 2.75) is 32.1 Å². The number of nitrogens with zero attached hydrogens (tertiary/aromatic N) is 3. The molecule has 0 amide bonds. The minimum atomic E-state index is 0.128. The average molecular weight is 240 g/mol. The summed E-state index contributed by atoms with van der Waals surface area (Å²) in [6, 6.07) is 0. The quantitative estimate of drug-likeness (QED) is 0.485. The molecule has 0 aliphatic rings. The van der Waals surface area contributed by atoms with Crippen LogP contribution in [0.1, 0.15) is 32.1 Å². The number of anilines is 3. The smallest absolute Gasteiger partial charge is 0.229 e. The summed E-state index contributed by atoms with van der Waals surface area (Å²) < 4.78 is 0. The van der Waals surface area contributed by atoms with Gasteiger partial charge in [-0.1, -0.05) is 19.3 Å². The molecule has 1 aromatic rings. The molecule has 6 N–H and O–H groups in total. The van der Waals surface area contributed by atoms with Crippen LogP contribution in [0.25, 0.3) is 0 Å². The van der Waals surface area contributed by atoms with E-state index in [2.05, 4.69) is 20.3 Å². The Hall–Kier alpha value is -1.63. The first-order valence-electron chi connectivity index (χ1n) is 5.84. The number of aromatic nitrogens is 3. The van der Waals surface area contributed by atoms with Gasteiger partial charge in [0.2, 0.25) is 17.8 Å². The second kappa shape index (κ2) is 7.61. The van der Waals surface area contributed by atoms with Crippen LogP contribution in [0.3, 0.4) is 0 Å². The van der Waals surface area contributed by atoms with E-state index in [0.29, 0.717) is 5.95 Å². The van der Waals surface area contributed by atoms with Crippen LogP contribution in [0.15, 0.2) is 0 Å². The van der Waals surface area contributed by atoms with Crippen molar-refractivity contribution in [3.8, 4) is 0 Å². The summed E-state index contributed by atoms with van der Waals surface area (Å²) in [5, 5.41) is 11.7. The number of nitrogen functional groups attached to an aromatic ring is 2. The lowest BCUT2D eigenvalue weighted by Crippen LogP contribution is -2.10. The Balaban J connectivity index is 2.13. The van der Waals surface area contributed by atoms with E-state index in [1.54, 1.807) is 0 Å². The van der Waals surface area contributed by atoms with Crippen LogP contribution < -0.4 is 16.8 Å². The molecule has 17 heavy (non-hydrogen) atoms. The van der Waals surface area contributed by atoms with E-state index < -0.39 is 0 Å². The molecule has 0 radical (unpaired) electrons. The van der Waals surface area contributed by atoms with Gasteiger partial charge in [0, 0.05) is 13.2 Å². The second-order valence-corrected chi connectivity index (χ2v) is 3.79. The summed E-state index contributed by atoms with van der Waals surface area (Å²) >= 11 is 0. The summed E-state index contributed by atoms with van der Waals surface area (Å²) in [5.74, 6) is 0.677. The molecule has 96 valence electrons. The van der Waals surface area contributed by atoms with Gasteiger partial charge in [0.1, 0.15) is 0 Å². The summed E-state index contributed by atoms with van der Waals surface area (Å²) in [6.07, 6.45) is 5.22. The van der Waals surface area contributed by atoms with Crippen LogP contribution in [0.5, 0.6) is 0 Å². The molecule has 0 atom stereocenters. The lowest BCUT2D eigenvalue weighted by atomic mass is 10.1. The number of aliphatic hydroxyl groups is 1. The highest BCUT2D eigenvalue weighted by molar-refractivity contribution is 5.36. The van der Waals surface area contributed by atoms with Crippen LogP contribution >= 0.6 is 0 Å². The minimum absolute atomic E-state index is 0.128. The van der Waals surface area contributed by atoms with Crippen LogP contribution in [-0.4, -0.2) is 33.2 Å². The molecule has 0 saturated carbocycles. The molecular formula is C10H20N6O. The van der Waals surface area contributed by atoms with Gasteiger partial charge in [0.25, 0.3) is 0 Å². The van der Waals surface area contributed by atoms with Crippen LogP contribution in [-0.2, 0) is 0 Å². The van der Waals surface area contributed by atoms with E-state index >= 15 is 0 Å². The lowest BCUT2D eigenvalue weighted by molar-refractivity contribution is 0.282. The molecule has 0 bridgehead atoms. The fourth-order valence-corrected chi connectivity index (χ4v) is 1.46. The van der Waals surface area contributed by atoms with Crippen molar-refractivity contribution in [3.63, 3.8) is 0 Å². The van der Waals surface area contributed by atoms with Gasteiger partial charge in [-0.2, -0.15) is 15.0 Å². The van der Waals surface area contributed by atoms with Gasteiger partial charge in [0.05, 0.1) is 0 Å². The predicted octanol–water partition coefficient (Wildman–Crippen LogP) is 0.391. The maximum atomic E-state index is 8.61. The molecule has 0 aliphatic carbocycles. The van der Waals surface area contributed by atoms with Gasteiger partial charge in [-0.15, -0.1) is 0 Å². The Morgan fingerprint density at radius 2 is 1.47 bits per heavy atom. The zero-order valence-corrected chi connectivity index (χ0v) is 9.89. The normalized spacial score (nSPS) is 10.4. The van der Waals surface area contributed by atoms with E-state index in [-0.39, 0.29) is 18.5 Å². The largest absolute Gasteiger partial charge is 0.396 e. The standard InChI is InChI=1S/C10H20N6O/c11-8-14-9(12)16-10(15-8)13-6-4-2-1-3-5-7-17/h17H,1-7H2,(H5,11,12,13,14,15,16). The lowest BCUT2D eigenvalue weighted by Gasteiger charge is -2.05. The third kappa shape index (κ3) is 5.86. The van der Waals surface area contributed by atoms with E-state index in [1.807, 2.05) is 0 Å². The van der Waals surface area contributed by atoms with E-state index in [0.717, 1.165) is 38.6 Å². The summed E-state index contributed by atoms with van der Waals surface area (Å²) in [4.78, 5) is 11.5. The Labute approximate surface area is 101 Å². The highest BCUT2D eigenvalue weighted by Gasteiger charge is 2.00. The SMILES string of the molecule is Nc1nc(N)nc(NCCCCCCCO)n1. The highest BCUT2D eigenvalue weighted by atomic mass is 16.2. The monoisotopic (exact) mass is 240 g/mol. The Kier molecular flexibility index (Phi) is 6.02. The third-order valence-corrected chi connectivity index (χ3v) is 2.29. The molecule has 0 aliphatic heterocycles. The average Bonchev–Trinajstić information content (AvgIpc) is 2.26. The topological polar surface area (TPSA) is 123 Å². The fourth-order valence-electron chi connectivity index (χ4n) is 1.46. The molecule has 0 unspecified atom stereocenters. The van der Waals surface area contributed by atoms with Crippen LogP contribution in [0.2, 0.25) is 0 Å². The number of unbranched alkanes of at least 4 members (excludes halogenated alkanes) is 4. The van der Waals surface area contributed by atoms with Crippen molar-refractivity contribution in [2.24, 2.45) is 0 Å². The molecule has 7 nitrogen and oxygen atoms in total. The van der Waals surface area contributed by atoms with Gasteiger partial charge in [-0.05, 0) is 12.8 Å². The Morgan fingerprint density at radius 3 is 2.12 bits per heavy atom. The Morgan fingerprint density at radius 1 is 0.882 bits per heavy atom. The van der Waals surface area contributed by atoms with E-state index in [1.165, 1.54) is 0 Å². The van der Waals surface area contributed by atoms with Gasteiger partial charge in [-0.25, -0.2) is 0 Å². The first-order valence-corrected chi connectivity index (χ1v) is 5.84. The molecule has 7 heteroatoms. The second-order valence-electron chi connectivity index (χ2n) is 3.79. The molecule has 0 saturated heterocycles. The molecule has 0 fully saturated rings. The number of nitrogens with two attached hydrogens (primary N) is 2. The summed E-state index contributed by atoms with van der Waals surface area (Å²) in [6.45, 7) is 1.06. The molecule has 1 rings (SSSR count). The maximum absolute atomic E-state index is 8.61. The summed E-state index contributed by atoms with van der Waals surface area (Å²) in [7, 11) is 0. The molecule has 1 heterocycles. The predicted molar refractivity (Wildman–Crippen MR) is 67.3 cm³/mol. The van der Waals surface area contributed by atoms with Crippen LogP contribution in [0.4, 0.5) is 17.8 Å². The van der Waals surface area contributed by atoms with Crippen molar-refractivity contribution >= 4 is 17.8 Å². The number of aliphatic hydroxyl groups excluding tert-OH is 1. The van der Waals surface area contributed by atoms with Crippen molar-refractivity contribution in [3.05, 3.63) is 0 Å². The molecule has 0 aromatic carbocycles. The van der Waals surface area contributed by atoms with Crippen molar-refractivity contribution in [1.82, 2.24) is 15.0 Å². The fraction of sp³-hybridized carbons (Fsp3) is 0.700. The number of nitrogens with one attached hydrogen (secondary N) is 1. The zero-order chi connectivity index (χ0) is 12.5. The highest BCUT2D eigenvalue weighted by Crippen LogP contribution is 2.05. The molecular weight excluding hydrogens is 220 g/mol. The molecule has 0 spiro atoms. The minimum Gasteiger partial charge on any atom is -0.396 e.